The number of aromatic nitrogens is 4. The largest absolute Gasteiger partial charge is 0.377 e. The summed E-state index contributed by atoms with van der Waals surface area (Å²) in [5.74, 6) is 0.799. The van der Waals surface area contributed by atoms with Gasteiger partial charge in [0.1, 0.15) is 11.5 Å². The molecule has 0 aliphatic carbocycles. The van der Waals surface area contributed by atoms with E-state index in [0.717, 1.165) is 49.4 Å². The summed E-state index contributed by atoms with van der Waals surface area (Å²) in [6.07, 6.45) is 6.46. The second-order valence-electron chi connectivity index (χ2n) is 7.92. The van der Waals surface area contributed by atoms with E-state index in [2.05, 4.69) is 26.9 Å². The fraction of sp³-hybridized carbons (Fsp3) is 0.478. The Morgan fingerprint density at radius 1 is 1.25 bits per heavy atom. The van der Waals surface area contributed by atoms with Crippen molar-refractivity contribution in [2.45, 2.75) is 45.4 Å². The molecule has 9 heteroatoms. The van der Waals surface area contributed by atoms with Crippen LogP contribution in [-0.2, 0) is 9.47 Å². The number of rotatable bonds is 3. The van der Waals surface area contributed by atoms with Gasteiger partial charge < -0.3 is 19.4 Å². The number of hydrogen-bond donors (Lipinski definition) is 1. The predicted molar refractivity (Wildman–Crippen MR) is 121 cm³/mol. The van der Waals surface area contributed by atoms with Crippen molar-refractivity contribution < 1.29 is 9.47 Å². The smallest absolute Gasteiger partial charge is 0.191 e. The molecule has 5 heterocycles. The molecule has 3 aromatic rings. The molecule has 2 saturated heterocycles. The van der Waals surface area contributed by atoms with Crippen LogP contribution in [0.5, 0.6) is 0 Å². The highest BCUT2D eigenvalue weighted by Crippen LogP contribution is 2.30. The zero-order chi connectivity index (χ0) is 22.5. The minimum atomic E-state index is -0.0972. The first-order valence-electron chi connectivity index (χ1n) is 11.0. The maximum atomic E-state index is 12.9. The minimum Gasteiger partial charge on any atom is -0.377 e. The van der Waals surface area contributed by atoms with Gasteiger partial charge in [-0.3, -0.25) is 9.78 Å². The van der Waals surface area contributed by atoms with Crippen LogP contribution < -0.4 is 10.3 Å². The summed E-state index contributed by atoms with van der Waals surface area (Å²) in [7, 11) is 0. The molecule has 168 valence electrons. The van der Waals surface area contributed by atoms with Crippen LogP contribution in [0.1, 0.15) is 39.3 Å². The molecule has 2 atom stereocenters. The molecule has 0 aromatic carbocycles. The van der Waals surface area contributed by atoms with E-state index in [0.29, 0.717) is 24.3 Å². The summed E-state index contributed by atoms with van der Waals surface area (Å²) >= 11 is 0. The molecule has 0 saturated carbocycles. The Bertz CT molecular complexity index is 1160. The number of nitrogens with zero attached hydrogens (tertiary/aromatic N) is 5. The lowest BCUT2D eigenvalue weighted by molar-refractivity contribution is -0.0383. The van der Waals surface area contributed by atoms with Gasteiger partial charge in [-0.25, -0.2) is 4.68 Å². The topological polar surface area (TPSA) is 109 Å². The number of hydrogen-bond acceptors (Lipinski definition) is 7. The van der Waals surface area contributed by atoms with E-state index < -0.39 is 0 Å². The van der Waals surface area contributed by atoms with Gasteiger partial charge in [-0.15, -0.1) is 0 Å². The molecule has 0 spiro atoms. The van der Waals surface area contributed by atoms with Gasteiger partial charge in [-0.2, -0.15) is 10.4 Å². The van der Waals surface area contributed by atoms with Crippen molar-refractivity contribution in [2.24, 2.45) is 0 Å². The molecule has 1 unspecified atom stereocenters. The first-order valence-corrected chi connectivity index (χ1v) is 11.0. The van der Waals surface area contributed by atoms with E-state index in [4.69, 9.17) is 14.7 Å². The van der Waals surface area contributed by atoms with Crippen LogP contribution in [0.3, 0.4) is 0 Å². The first-order chi connectivity index (χ1) is 15.6. The molecular formula is C23H28N6O3. The highest BCUT2D eigenvalue weighted by Gasteiger charge is 2.24. The normalized spacial score (nSPS) is 21.0. The molecule has 2 aliphatic rings. The molecule has 3 aromatic heterocycles. The minimum absolute atomic E-state index is 0.0175. The molecule has 0 bridgehead atoms. The summed E-state index contributed by atoms with van der Waals surface area (Å²) in [5.41, 5.74) is 2.28. The summed E-state index contributed by atoms with van der Waals surface area (Å²) in [6, 6.07) is 7.32. The number of aromatic amines is 1. The maximum absolute atomic E-state index is 12.9. The van der Waals surface area contributed by atoms with E-state index in [1.165, 1.54) is 6.92 Å². The number of nitrogens with one attached hydrogen (secondary N) is 1. The monoisotopic (exact) mass is 436 g/mol. The fourth-order valence-electron chi connectivity index (χ4n) is 4.24. The number of pyridine rings is 2. The molecule has 0 amide bonds. The van der Waals surface area contributed by atoms with Crippen molar-refractivity contribution in [1.29, 1.82) is 5.26 Å². The Hall–Kier alpha value is -3.22. The van der Waals surface area contributed by atoms with Crippen LogP contribution in [0, 0.1) is 11.3 Å². The summed E-state index contributed by atoms with van der Waals surface area (Å²) in [4.78, 5) is 23.2. The lowest BCUT2D eigenvalue weighted by atomic mass is 10.1. The van der Waals surface area contributed by atoms with E-state index >= 15 is 0 Å². The van der Waals surface area contributed by atoms with E-state index in [9.17, 15) is 4.79 Å². The first kappa shape index (κ1) is 22.0. The Morgan fingerprint density at radius 2 is 2.09 bits per heavy atom. The maximum Gasteiger partial charge on any atom is 0.191 e. The van der Waals surface area contributed by atoms with Gasteiger partial charge in [0.2, 0.25) is 0 Å². The predicted octanol–water partition coefficient (Wildman–Crippen LogP) is 3.24. The van der Waals surface area contributed by atoms with Crippen LogP contribution in [0.15, 0.2) is 35.4 Å². The average Bonchev–Trinajstić information content (AvgIpc) is 3.30. The van der Waals surface area contributed by atoms with Crippen LogP contribution in [0.4, 0.5) is 5.82 Å². The Morgan fingerprint density at radius 3 is 2.84 bits per heavy atom. The van der Waals surface area contributed by atoms with E-state index in [1.54, 1.807) is 30.6 Å². The SMILES string of the molecule is CC#N.C[C@H]1COCCN1c1cc(=O)c2ccnc(-c3ccnn3C3CCCCO3)c2[nH]1. The molecule has 2 aliphatic heterocycles. The molecule has 0 radical (unpaired) electrons. The lowest BCUT2D eigenvalue weighted by Crippen LogP contribution is -2.44. The lowest BCUT2D eigenvalue weighted by Gasteiger charge is -2.34. The second kappa shape index (κ2) is 9.94. The molecule has 2 fully saturated rings. The molecule has 1 N–H and O–H groups in total. The Kier molecular flexibility index (Phi) is 6.83. The van der Waals surface area contributed by atoms with Crippen LogP contribution in [-0.4, -0.2) is 52.2 Å². The summed E-state index contributed by atoms with van der Waals surface area (Å²) in [5, 5.41) is 12.4. The number of anilines is 1. The highest BCUT2D eigenvalue weighted by atomic mass is 16.5. The van der Waals surface area contributed by atoms with Crippen molar-refractivity contribution >= 4 is 16.7 Å². The molecule has 9 nitrogen and oxygen atoms in total. The summed E-state index contributed by atoms with van der Waals surface area (Å²) < 4.78 is 13.4. The van der Waals surface area contributed by atoms with Crippen molar-refractivity contribution in [3.8, 4) is 17.5 Å². The average molecular weight is 437 g/mol. The van der Waals surface area contributed by atoms with Gasteiger partial charge in [0.25, 0.3) is 0 Å². The van der Waals surface area contributed by atoms with Gasteiger partial charge >= 0.3 is 0 Å². The van der Waals surface area contributed by atoms with Crippen molar-refractivity contribution in [3.63, 3.8) is 0 Å². The van der Waals surface area contributed by atoms with Crippen LogP contribution >= 0.6 is 0 Å². The fourth-order valence-corrected chi connectivity index (χ4v) is 4.24. The Balaban J connectivity index is 0.000000775. The van der Waals surface area contributed by atoms with Crippen molar-refractivity contribution in [2.75, 3.05) is 31.3 Å². The van der Waals surface area contributed by atoms with Crippen LogP contribution in [0.2, 0.25) is 0 Å². The zero-order valence-electron chi connectivity index (χ0n) is 18.5. The van der Waals surface area contributed by atoms with Gasteiger partial charge in [-0.1, -0.05) is 0 Å². The third kappa shape index (κ3) is 4.38. The number of morpholine rings is 1. The van der Waals surface area contributed by atoms with Crippen LogP contribution in [0.25, 0.3) is 22.3 Å². The zero-order valence-corrected chi connectivity index (χ0v) is 18.5. The third-order valence-electron chi connectivity index (χ3n) is 5.76. The van der Waals surface area contributed by atoms with E-state index in [1.807, 2.05) is 10.7 Å². The highest BCUT2D eigenvalue weighted by molar-refractivity contribution is 5.91. The molecule has 32 heavy (non-hydrogen) atoms. The number of nitriles is 1. The number of H-pyrrole nitrogens is 1. The van der Waals surface area contributed by atoms with Gasteiger partial charge in [0.05, 0.1) is 36.5 Å². The van der Waals surface area contributed by atoms with E-state index in [-0.39, 0.29) is 17.7 Å². The standard InChI is InChI=1S/C21H25N5O3.C2H3N/c1-14-13-28-11-9-25(14)18-12-17(27)15-5-7-22-21(20(15)24-18)16-6-8-23-26(16)19-4-2-3-10-29-19;1-2-3/h5-8,12,14,19H,2-4,9-11,13H2,1H3,(H,24,27);1H3/t14-,19?;/m0./s1. The third-order valence-corrected chi connectivity index (χ3v) is 5.76. The van der Waals surface area contributed by atoms with Crippen molar-refractivity contribution in [1.82, 2.24) is 19.7 Å². The van der Waals surface area contributed by atoms with Gasteiger partial charge in [0, 0.05) is 43.9 Å². The van der Waals surface area contributed by atoms with Gasteiger partial charge in [-0.05, 0) is 38.3 Å². The second-order valence-corrected chi connectivity index (χ2v) is 7.92. The van der Waals surface area contributed by atoms with Crippen molar-refractivity contribution in [3.05, 3.63) is 40.8 Å². The quantitative estimate of drug-likeness (QED) is 0.671. The number of fused-ring (bicyclic) bond motifs is 1. The van der Waals surface area contributed by atoms with Gasteiger partial charge in [0.15, 0.2) is 11.7 Å². The number of ether oxygens (including phenoxy) is 2. The Labute approximate surface area is 186 Å². The molecule has 5 rings (SSSR count). The summed E-state index contributed by atoms with van der Waals surface area (Å²) in [6.45, 7) is 6.30. The molecular weight excluding hydrogens is 408 g/mol.